The molecule has 0 heterocycles. The Morgan fingerprint density at radius 2 is 0.200 bits per heavy atom. The van der Waals surface area contributed by atoms with Crippen LogP contribution in [-0.4, -0.2) is 0 Å². The first-order valence-electron chi connectivity index (χ1n) is 16.9. The van der Waals surface area contributed by atoms with Crippen molar-refractivity contribution >= 4 is 0 Å². The van der Waals surface area contributed by atoms with E-state index in [2.05, 4.69) is 96.9 Å². The molecule has 0 aromatic heterocycles. The highest BCUT2D eigenvalue weighted by molar-refractivity contribution is 4.26. The van der Waals surface area contributed by atoms with E-state index in [1.807, 2.05) is 0 Å². The summed E-state index contributed by atoms with van der Waals surface area (Å²) < 4.78 is 0. The molecule has 0 atom stereocenters. The summed E-state index contributed by atoms with van der Waals surface area (Å²) >= 11 is 0. The SMILES string of the molecule is CCCCC.CCCCC.CCCCC.CCCCC.CCCCC.CCCCC.CCCCC. The third-order valence-electron chi connectivity index (χ3n) is 4.95. The van der Waals surface area contributed by atoms with Gasteiger partial charge in [-0.3, -0.25) is 0 Å². The van der Waals surface area contributed by atoms with E-state index in [0.717, 1.165) is 0 Å². The maximum absolute atomic E-state index is 2.21. The zero-order valence-corrected chi connectivity index (χ0v) is 28.8. The molecule has 0 aliphatic rings. The molecule has 0 spiro atoms. The van der Waals surface area contributed by atoms with Crippen molar-refractivity contribution in [2.45, 2.75) is 232 Å². The van der Waals surface area contributed by atoms with Gasteiger partial charge in [-0.05, 0) is 0 Å². The van der Waals surface area contributed by atoms with Gasteiger partial charge in [0.15, 0.2) is 0 Å². The van der Waals surface area contributed by atoms with E-state index < -0.39 is 0 Å². The first kappa shape index (κ1) is 51.6. The highest BCUT2D eigenvalue weighted by Crippen LogP contribution is 1.91. The maximum atomic E-state index is 2.21. The van der Waals surface area contributed by atoms with Crippen LogP contribution in [-0.2, 0) is 0 Å². The van der Waals surface area contributed by atoms with Crippen LogP contribution in [0.2, 0.25) is 0 Å². The van der Waals surface area contributed by atoms with Crippen LogP contribution in [0, 0.1) is 0 Å². The average Bonchev–Trinajstić information content (AvgIpc) is 2.85. The van der Waals surface area contributed by atoms with Gasteiger partial charge in [-0.2, -0.15) is 0 Å². The number of hydrogen-bond donors (Lipinski definition) is 0. The van der Waals surface area contributed by atoms with Crippen LogP contribution in [0.4, 0.5) is 0 Å². The molecule has 0 bridgehead atoms. The average molecular weight is 505 g/mol. The molecule has 224 valence electrons. The molecule has 0 amide bonds. The van der Waals surface area contributed by atoms with Crippen molar-refractivity contribution in [3.63, 3.8) is 0 Å². The lowest BCUT2D eigenvalue weighted by atomic mass is 10.3. The van der Waals surface area contributed by atoms with Gasteiger partial charge in [-0.15, -0.1) is 0 Å². The molecule has 0 aliphatic heterocycles. The Morgan fingerprint density at radius 1 is 0.143 bits per heavy atom. The Bertz CT molecular complexity index is 112. The monoisotopic (exact) mass is 505 g/mol. The molecule has 0 aliphatic carbocycles. The predicted molar refractivity (Wildman–Crippen MR) is 176 cm³/mol. The highest BCUT2D eigenvalue weighted by atomic mass is 13.8. The lowest BCUT2D eigenvalue weighted by molar-refractivity contribution is 0.772. The summed E-state index contributed by atoms with van der Waals surface area (Å²) in [5.74, 6) is 0. The Hall–Kier alpha value is 0. The van der Waals surface area contributed by atoms with Gasteiger partial charge in [-0.1, -0.05) is 232 Å². The molecule has 0 heteroatoms. The number of hydrogen-bond acceptors (Lipinski definition) is 0. The van der Waals surface area contributed by atoms with Gasteiger partial charge < -0.3 is 0 Å². The van der Waals surface area contributed by atoms with Gasteiger partial charge in [0.2, 0.25) is 0 Å². The Balaban J connectivity index is -0.0000000523. The Morgan fingerprint density at radius 3 is 0.200 bits per heavy atom. The number of rotatable bonds is 14. The van der Waals surface area contributed by atoms with Crippen LogP contribution in [0.5, 0.6) is 0 Å². The van der Waals surface area contributed by atoms with Crippen molar-refractivity contribution in [1.29, 1.82) is 0 Å². The Labute approximate surface area is 231 Å². The molecule has 0 aromatic carbocycles. The normalized spacial score (nSPS) is 8.40. The second-order valence-corrected chi connectivity index (χ2v) is 9.47. The topological polar surface area (TPSA) is 0 Å². The highest BCUT2D eigenvalue weighted by Gasteiger charge is 1.70. The van der Waals surface area contributed by atoms with Crippen LogP contribution >= 0.6 is 0 Å². The van der Waals surface area contributed by atoms with Crippen molar-refractivity contribution in [2.75, 3.05) is 0 Å². The molecular weight excluding hydrogens is 420 g/mol. The zero-order chi connectivity index (χ0) is 28.8. The van der Waals surface area contributed by atoms with Gasteiger partial charge in [0.25, 0.3) is 0 Å². The van der Waals surface area contributed by atoms with Crippen molar-refractivity contribution in [3.05, 3.63) is 0 Å². The second kappa shape index (κ2) is 84.0. The van der Waals surface area contributed by atoms with Gasteiger partial charge in [-0.25, -0.2) is 0 Å². The van der Waals surface area contributed by atoms with Crippen molar-refractivity contribution < 1.29 is 0 Å². The molecule has 0 nitrogen and oxygen atoms in total. The fraction of sp³-hybridized carbons (Fsp3) is 1.00. The van der Waals surface area contributed by atoms with E-state index in [4.69, 9.17) is 0 Å². The molecule has 0 radical (unpaired) electrons. The second-order valence-electron chi connectivity index (χ2n) is 9.47. The minimum atomic E-state index is 1.34. The Kier molecular flexibility index (Phi) is 124. The lowest BCUT2D eigenvalue weighted by Gasteiger charge is -1.79. The first-order chi connectivity index (χ1) is 16.9. The summed E-state index contributed by atoms with van der Waals surface area (Å²) in [4.78, 5) is 0. The predicted octanol–water partition coefficient (Wildman–Crippen LogP) is 15.4. The lowest BCUT2D eigenvalue weighted by Crippen LogP contribution is -1.59. The molecule has 0 rings (SSSR count). The van der Waals surface area contributed by atoms with Crippen molar-refractivity contribution in [2.24, 2.45) is 0 Å². The zero-order valence-electron chi connectivity index (χ0n) is 28.8. The molecule has 0 saturated carbocycles. The van der Waals surface area contributed by atoms with Gasteiger partial charge >= 0.3 is 0 Å². The summed E-state index contributed by atoms with van der Waals surface area (Å²) in [5, 5.41) is 0. The minimum Gasteiger partial charge on any atom is -0.0654 e. The quantitative estimate of drug-likeness (QED) is 0.220. The van der Waals surface area contributed by atoms with Gasteiger partial charge in [0.05, 0.1) is 0 Å². The number of unbranched alkanes of at least 4 members (excludes halogenated alkanes) is 14. The van der Waals surface area contributed by atoms with Crippen molar-refractivity contribution in [1.82, 2.24) is 0 Å². The largest absolute Gasteiger partial charge is 0.0654 e. The molecule has 0 aromatic rings. The van der Waals surface area contributed by atoms with E-state index in [0.29, 0.717) is 0 Å². The molecular formula is C35H84. The fourth-order valence-corrected chi connectivity index (χ4v) is 2.47. The van der Waals surface area contributed by atoms with Crippen LogP contribution in [0.1, 0.15) is 232 Å². The van der Waals surface area contributed by atoms with Crippen molar-refractivity contribution in [3.8, 4) is 0 Å². The van der Waals surface area contributed by atoms with E-state index >= 15 is 0 Å². The fourth-order valence-electron chi connectivity index (χ4n) is 2.47. The third kappa shape index (κ3) is 178. The van der Waals surface area contributed by atoms with E-state index in [1.54, 1.807) is 0 Å². The van der Waals surface area contributed by atoms with Gasteiger partial charge in [0.1, 0.15) is 0 Å². The summed E-state index contributed by atoms with van der Waals surface area (Å²) in [6, 6.07) is 0. The summed E-state index contributed by atoms with van der Waals surface area (Å²) in [6.45, 7) is 31.0. The summed E-state index contributed by atoms with van der Waals surface area (Å²) in [7, 11) is 0. The van der Waals surface area contributed by atoms with Crippen LogP contribution in [0.25, 0.3) is 0 Å². The van der Waals surface area contributed by atoms with Crippen LogP contribution in [0.3, 0.4) is 0 Å². The maximum Gasteiger partial charge on any atom is -0.0538 e. The molecule has 35 heavy (non-hydrogen) atoms. The summed E-state index contributed by atoms with van der Waals surface area (Å²) in [6.07, 6.45) is 28.5. The van der Waals surface area contributed by atoms with Crippen LogP contribution < -0.4 is 0 Å². The third-order valence-corrected chi connectivity index (χ3v) is 4.95. The standard InChI is InChI=1S/7C5H12/c7*1-3-5-4-2/h7*3-5H2,1-2H3. The minimum absolute atomic E-state index is 1.34. The van der Waals surface area contributed by atoms with Crippen LogP contribution in [0.15, 0.2) is 0 Å². The smallest absolute Gasteiger partial charge is 0.0538 e. The molecule has 0 fully saturated rings. The molecule has 0 unspecified atom stereocenters. The van der Waals surface area contributed by atoms with E-state index in [9.17, 15) is 0 Å². The first-order valence-corrected chi connectivity index (χ1v) is 16.9. The van der Waals surface area contributed by atoms with Gasteiger partial charge in [0, 0.05) is 0 Å². The molecule has 0 N–H and O–H groups in total. The molecule has 0 saturated heterocycles. The summed E-state index contributed by atoms with van der Waals surface area (Å²) in [5.41, 5.74) is 0. The van der Waals surface area contributed by atoms with E-state index in [-0.39, 0.29) is 0 Å². The van der Waals surface area contributed by atoms with E-state index in [1.165, 1.54) is 135 Å².